The zero-order valence-electron chi connectivity index (χ0n) is 9.74. The van der Waals surface area contributed by atoms with Gasteiger partial charge in [-0.2, -0.15) is 4.68 Å². The Bertz CT molecular complexity index is 554. The molecule has 7 heteroatoms. The molecule has 0 fully saturated rings. The smallest absolute Gasteiger partial charge is 0.163 e. The highest BCUT2D eigenvalue weighted by atomic mass is 16.6. The SMILES string of the molecule is NCCc1nnnn1-c1ccc2c(c1)OCCO2. The van der Waals surface area contributed by atoms with Crippen molar-refractivity contribution in [2.75, 3.05) is 19.8 Å². The molecule has 2 heterocycles. The molecule has 2 N–H and O–H groups in total. The first-order chi connectivity index (χ1) is 8.88. The van der Waals surface area contributed by atoms with Gasteiger partial charge < -0.3 is 15.2 Å². The van der Waals surface area contributed by atoms with E-state index in [2.05, 4.69) is 15.5 Å². The Kier molecular flexibility index (Phi) is 2.81. The van der Waals surface area contributed by atoms with Crippen LogP contribution in [0, 0.1) is 0 Å². The van der Waals surface area contributed by atoms with Crippen LogP contribution in [0.1, 0.15) is 5.82 Å². The van der Waals surface area contributed by atoms with Crippen LogP contribution in [0.4, 0.5) is 0 Å². The van der Waals surface area contributed by atoms with Gasteiger partial charge in [0.15, 0.2) is 17.3 Å². The molecule has 3 rings (SSSR count). The van der Waals surface area contributed by atoms with E-state index in [0.717, 1.165) is 17.3 Å². The fourth-order valence-electron chi connectivity index (χ4n) is 1.86. The summed E-state index contributed by atoms with van der Waals surface area (Å²) >= 11 is 0. The van der Waals surface area contributed by atoms with E-state index in [1.807, 2.05) is 18.2 Å². The lowest BCUT2D eigenvalue weighted by molar-refractivity contribution is 0.171. The molecular weight excluding hydrogens is 234 g/mol. The van der Waals surface area contributed by atoms with Gasteiger partial charge in [0, 0.05) is 12.5 Å². The number of ether oxygens (including phenoxy) is 2. The first kappa shape index (κ1) is 11.0. The highest BCUT2D eigenvalue weighted by Gasteiger charge is 2.14. The predicted molar refractivity (Wildman–Crippen MR) is 62.9 cm³/mol. The zero-order valence-corrected chi connectivity index (χ0v) is 9.74. The van der Waals surface area contributed by atoms with Crippen molar-refractivity contribution in [1.82, 2.24) is 20.2 Å². The summed E-state index contributed by atoms with van der Waals surface area (Å²) in [6, 6.07) is 5.62. The molecule has 0 amide bonds. The van der Waals surface area contributed by atoms with Crippen molar-refractivity contribution in [3.63, 3.8) is 0 Å². The Hall–Kier alpha value is -2.15. The molecule has 0 atom stereocenters. The summed E-state index contributed by atoms with van der Waals surface area (Å²) in [5.74, 6) is 2.19. The van der Waals surface area contributed by atoms with Crippen LogP contribution in [-0.2, 0) is 6.42 Å². The third-order valence-electron chi connectivity index (χ3n) is 2.67. The average Bonchev–Trinajstić information content (AvgIpc) is 2.87. The fraction of sp³-hybridized carbons (Fsp3) is 0.364. The summed E-state index contributed by atoms with van der Waals surface area (Å²) in [7, 11) is 0. The van der Waals surface area contributed by atoms with E-state index in [4.69, 9.17) is 15.2 Å². The average molecular weight is 247 g/mol. The van der Waals surface area contributed by atoms with Gasteiger partial charge in [0.2, 0.25) is 0 Å². The van der Waals surface area contributed by atoms with Gasteiger partial charge in [0.25, 0.3) is 0 Å². The van der Waals surface area contributed by atoms with Crippen LogP contribution < -0.4 is 15.2 Å². The highest BCUT2D eigenvalue weighted by molar-refractivity contribution is 5.49. The monoisotopic (exact) mass is 247 g/mol. The fourth-order valence-corrected chi connectivity index (χ4v) is 1.86. The number of aromatic nitrogens is 4. The molecule has 7 nitrogen and oxygen atoms in total. The molecule has 2 aromatic rings. The van der Waals surface area contributed by atoms with Crippen LogP contribution in [0.5, 0.6) is 11.5 Å². The number of nitrogens with two attached hydrogens (primary N) is 1. The Morgan fingerprint density at radius 1 is 1.22 bits per heavy atom. The van der Waals surface area contributed by atoms with E-state index in [0.29, 0.717) is 31.9 Å². The Labute approximate surface area is 103 Å². The molecule has 0 bridgehead atoms. The van der Waals surface area contributed by atoms with E-state index in [9.17, 15) is 0 Å². The van der Waals surface area contributed by atoms with Crippen LogP contribution in [-0.4, -0.2) is 40.0 Å². The van der Waals surface area contributed by atoms with E-state index in [1.54, 1.807) is 4.68 Å². The largest absolute Gasteiger partial charge is 0.486 e. The molecule has 0 unspecified atom stereocenters. The van der Waals surface area contributed by atoms with Gasteiger partial charge in [0.1, 0.15) is 13.2 Å². The highest BCUT2D eigenvalue weighted by Crippen LogP contribution is 2.31. The minimum absolute atomic E-state index is 0.505. The number of fused-ring (bicyclic) bond motifs is 1. The standard InChI is InChI=1S/C11H13N5O2/c12-4-3-11-13-14-15-16(11)8-1-2-9-10(7-8)18-6-5-17-9/h1-2,7H,3-6,12H2. The second-order valence-electron chi connectivity index (χ2n) is 3.87. The molecule has 0 aliphatic carbocycles. The van der Waals surface area contributed by atoms with Crippen LogP contribution in [0.25, 0.3) is 5.69 Å². The molecule has 1 aliphatic rings. The van der Waals surface area contributed by atoms with Gasteiger partial charge in [-0.25, -0.2) is 0 Å². The second kappa shape index (κ2) is 4.61. The number of hydrogen-bond acceptors (Lipinski definition) is 6. The van der Waals surface area contributed by atoms with Gasteiger partial charge in [-0.15, -0.1) is 5.10 Å². The third kappa shape index (κ3) is 1.88. The summed E-state index contributed by atoms with van der Waals surface area (Å²) in [5, 5.41) is 11.6. The van der Waals surface area contributed by atoms with Crippen molar-refractivity contribution in [2.24, 2.45) is 5.73 Å². The van der Waals surface area contributed by atoms with Gasteiger partial charge in [-0.3, -0.25) is 0 Å². The van der Waals surface area contributed by atoms with E-state index in [1.165, 1.54) is 0 Å². The summed E-state index contributed by atoms with van der Waals surface area (Å²) in [6.07, 6.45) is 0.626. The molecule has 1 aromatic heterocycles. The molecule has 0 saturated heterocycles. The maximum Gasteiger partial charge on any atom is 0.163 e. The predicted octanol–water partition coefficient (Wildman–Crippen LogP) is -0.0653. The molecule has 1 aromatic carbocycles. The Balaban J connectivity index is 1.98. The number of benzene rings is 1. The van der Waals surface area contributed by atoms with Gasteiger partial charge >= 0.3 is 0 Å². The van der Waals surface area contributed by atoms with Crippen molar-refractivity contribution in [1.29, 1.82) is 0 Å². The molecule has 0 radical (unpaired) electrons. The van der Waals surface area contributed by atoms with Crippen LogP contribution in [0.3, 0.4) is 0 Å². The normalized spacial score (nSPS) is 13.6. The molecular formula is C11H13N5O2. The van der Waals surface area contributed by atoms with E-state index < -0.39 is 0 Å². The summed E-state index contributed by atoms with van der Waals surface area (Å²) in [6.45, 7) is 1.64. The van der Waals surface area contributed by atoms with Gasteiger partial charge in [-0.1, -0.05) is 0 Å². The number of hydrogen-bond donors (Lipinski definition) is 1. The Morgan fingerprint density at radius 3 is 2.89 bits per heavy atom. The topological polar surface area (TPSA) is 88.1 Å². The van der Waals surface area contributed by atoms with Crippen molar-refractivity contribution >= 4 is 0 Å². The van der Waals surface area contributed by atoms with E-state index >= 15 is 0 Å². The first-order valence-electron chi connectivity index (χ1n) is 5.76. The van der Waals surface area contributed by atoms with Crippen molar-refractivity contribution in [3.8, 4) is 17.2 Å². The molecule has 1 aliphatic heterocycles. The third-order valence-corrected chi connectivity index (χ3v) is 2.67. The van der Waals surface area contributed by atoms with Gasteiger partial charge in [-0.05, 0) is 29.1 Å². The summed E-state index contributed by atoms with van der Waals surface area (Å²) < 4.78 is 12.7. The second-order valence-corrected chi connectivity index (χ2v) is 3.87. The van der Waals surface area contributed by atoms with Crippen LogP contribution in [0.2, 0.25) is 0 Å². The molecule has 0 saturated carbocycles. The summed E-state index contributed by atoms with van der Waals surface area (Å²) in [5.41, 5.74) is 6.36. The van der Waals surface area contributed by atoms with Crippen molar-refractivity contribution < 1.29 is 9.47 Å². The lowest BCUT2D eigenvalue weighted by Crippen LogP contribution is -2.16. The Morgan fingerprint density at radius 2 is 2.06 bits per heavy atom. The van der Waals surface area contributed by atoms with Crippen molar-refractivity contribution in [2.45, 2.75) is 6.42 Å². The quantitative estimate of drug-likeness (QED) is 0.817. The lowest BCUT2D eigenvalue weighted by Gasteiger charge is -2.18. The number of nitrogens with zero attached hydrogens (tertiary/aromatic N) is 4. The molecule has 18 heavy (non-hydrogen) atoms. The molecule has 94 valence electrons. The molecule has 0 spiro atoms. The summed E-state index contributed by atoms with van der Waals surface area (Å²) in [4.78, 5) is 0. The zero-order chi connectivity index (χ0) is 12.4. The minimum atomic E-state index is 0.505. The maximum absolute atomic E-state index is 5.53. The van der Waals surface area contributed by atoms with E-state index in [-0.39, 0.29) is 0 Å². The van der Waals surface area contributed by atoms with Crippen LogP contribution >= 0.6 is 0 Å². The van der Waals surface area contributed by atoms with Crippen LogP contribution in [0.15, 0.2) is 18.2 Å². The lowest BCUT2D eigenvalue weighted by atomic mass is 10.2. The van der Waals surface area contributed by atoms with Crippen molar-refractivity contribution in [3.05, 3.63) is 24.0 Å². The van der Waals surface area contributed by atoms with Gasteiger partial charge in [0.05, 0.1) is 5.69 Å². The first-order valence-corrected chi connectivity index (χ1v) is 5.76. The number of rotatable bonds is 3. The minimum Gasteiger partial charge on any atom is -0.486 e. The maximum atomic E-state index is 5.53. The number of tetrazole rings is 1.